The van der Waals surface area contributed by atoms with Crippen molar-refractivity contribution in [1.82, 2.24) is 15.3 Å². The first-order chi connectivity index (χ1) is 7.96. The van der Waals surface area contributed by atoms with Gasteiger partial charge in [-0.05, 0) is 20.8 Å². The summed E-state index contributed by atoms with van der Waals surface area (Å²) in [6, 6.07) is 0. The van der Waals surface area contributed by atoms with Crippen LogP contribution in [-0.4, -0.2) is 28.1 Å². The molecule has 1 aromatic heterocycles. The van der Waals surface area contributed by atoms with Crippen molar-refractivity contribution in [2.24, 2.45) is 0 Å². The lowest BCUT2D eigenvalue weighted by molar-refractivity contribution is 0.00550. The van der Waals surface area contributed by atoms with Gasteiger partial charge in [0.05, 0.1) is 5.69 Å². The van der Waals surface area contributed by atoms with Gasteiger partial charge in [0.15, 0.2) is 0 Å². The van der Waals surface area contributed by atoms with Crippen LogP contribution in [0.3, 0.4) is 0 Å². The Labute approximate surface area is 101 Å². The lowest BCUT2D eigenvalue weighted by Gasteiger charge is -2.20. The lowest BCUT2D eigenvalue weighted by Crippen LogP contribution is -2.28. The number of carbonyl (C=O) groups is 1. The van der Waals surface area contributed by atoms with Crippen molar-refractivity contribution in [1.29, 1.82) is 0 Å². The van der Waals surface area contributed by atoms with Crippen LogP contribution in [0.25, 0.3) is 0 Å². The molecule has 0 saturated heterocycles. The first kappa shape index (κ1) is 12.0. The maximum absolute atomic E-state index is 11.8. The maximum atomic E-state index is 11.8. The molecule has 0 radical (unpaired) electrons. The number of aromatic nitrogens is 2. The number of carbonyl (C=O) groups excluding carboxylic acids is 1. The van der Waals surface area contributed by atoms with Gasteiger partial charge in [0.25, 0.3) is 0 Å². The van der Waals surface area contributed by atoms with E-state index >= 15 is 0 Å². The van der Waals surface area contributed by atoms with E-state index in [1.54, 1.807) is 6.20 Å². The summed E-state index contributed by atoms with van der Waals surface area (Å²) in [5.74, 6) is -0.306. The molecule has 0 bridgehead atoms. The van der Waals surface area contributed by atoms with Crippen molar-refractivity contribution in [2.45, 2.75) is 39.3 Å². The molecule has 0 spiro atoms. The monoisotopic (exact) mass is 235 g/mol. The lowest BCUT2D eigenvalue weighted by atomic mass is 10.1. The van der Waals surface area contributed by atoms with E-state index in [4.69, 9.17) is 4.74 Å². The van der Waals surface area contributed by atoms with Gasteiger partial charge in [0.2, 0.25) is 5.82 Å². The second kappa shape index (κ2) is 4.41. The molecule has 92 valence electrons. The highest BCUT2D eigenvalue weighted by Gasteiger charge is 2.21. The van der Waals surface area contributed by atoms with Crippen molar-refractivity contribution in [3.63, 3.8) is 0 Å². The molecule has 0 aromatic carbocycles. The molecule has 0 fully saturated rings. The molecule has 1 aliphatic heterocycles. The molecular formula is C12H17N3O2. The van der Waals surface area contributed by atoms with Crippen LogP contribution in [0.1, 0.15) is 42.6 Å². The summed E-state index contributed by atoms with van der Waals surface area (Å²) in [6.07, 6.45) is 2.53. The summed E-state index contributed by atoms with van der Waals surface area (Å²) in [6.45, 7) is 7.13. The number of nitrogens with one attached hydrogen (secondary N) is 1. The number of nitrogens with zero attached hydrogens (tertiary/aromatic N) is 2. The zero-order valence-corrected chi connectivity index (χ0v) is 10.4. The van der Waals surface area contributed by atoms with Crippen LogP contribution in [0.2, 0.25) is 0 Å². The number of hydrogen-bond donors (Lipinski definition) is 1. The summed E-state index contributed by atoms with van der Waals surface area (Å²) >= 11 is 0. The summed E-state index contributed by atoms with van der Waals surface area (Å²) in [5, 5.41) is 3.23. The number of hydrogen-bond acceptors (Lipinski definition) is 5. The first-order valence-corrected chi connectivity index (χ1v) is 5.74. The van der Waals surface area contributed by atoms with E-state index in [0.29, 0.717) is 0 Å². The Hall–Kier alpha value is -1.49. The molecule has 0 amide bonds. The second-order valence-electron chi connectivity index (χ2n) is 5.09. The molecule has 0 atom stereocenters. The number of ether oxygens (including phenoxy) is 1. The summed E-state index contributed by atoms with van der Waals surface area (Å²) in [7, 11) is 0. The molecule has 0 saturated carbocycles. The van der Waals surface area contributed by atoms with Crippen LogP contribution in [0, 0.1) is 0 Å². The van der Waals surface area contributed by atoms with Crippen LogP contribution >= 0.6 is 0 Å². The average Bonchev–Trinajstić information content (AvgIpc) is 2.26. The van der Waals surface area contributed by atoms with Gasteiger partial charge in [-0.2, -0.15) is 0 Å². The van der Waals surface area contributed by atoms with Crippen LogP contribution in [0.4, 0.5) is 0 Å². The van der Waals surface area contributed by atoms with E-state index in [-0.39, 0.29) is 5.82 Å². The number of esters is 1. The first-order valence-electron chi connectivity index (χ1n) is 5.74. The number of fused-ring (bicyclic) bond motifs is 1. The van der Waals surface area contributed by atoms with Gasteiger partial charge in [-0.3, -0.25) is 0 Å². The van der Waals surface area contributed by atoms with E-state index < -0.39 is 11.6 Å². The zero-order chi connectivity index (χ0) is 12.5. The SMILES string of the molecule is CC(C)(C)OC(=O)c1ncc2c(n1)CCNC2. The highest BCUT2D eigenvalue weighted by Crippen LogP contribution is 2.13. The van der Waals surface area contributed by atoms with Gasteiger partial charge < -0.3 is 10.1 Å². The Morgan fingerprint density at radius 3 is 2.94 bits per heavy atom. The standard InChI is InChI=1S/C12H17N3O2/c1-12(2,3)17-11(16)10-14-7-8-6-13-5-4-9(8)15-10/h7,13H,4-6H2,1-3H3. The Morgan fingerprint density at radius 2 is 2.24 bits per heavy atom. The third-order valence-electron chi connectivity index (χ3n) is 2.39. The van der Waals surface area contributed by atoms with Crippen LogP contribution < -0.4 is 5.32 Å². The Morgan fingerprint density at radius 1 is 1.47 bits per heavy atom. The maximum Gasteiger partial charge on any atom is 0.376 e. The fourth-order valence-electron chi connectivity index (χ4n) is 1.66. The largest absolute Gasteiger partial charge is 0.454 e. The Bertz CT molecular complexity index is 438. The van der Waals surface area contributed by atoms with Crippen LogP contribution in [-0.2, 0) is 17.7 Å². The van der Waals surface area contributed by atoms with Crippen molar-refractivity contribution in [3.8, 4) is 0 Å². The summed E-state index contributed by atoms with van der Waals surface area (Å²) in [5.41, 5.74) is 1.49. The number of rotatable bonds is 1. The third-order valence-corrected chi connectivity index (χ3v) is 2.39. The Balaban J connectivity index is 2.19. The van der Waals surface area contributed by atoms with Crippen molar-refractivity contribution in [3.05, 3.63) is 23.3 Å². The molecule has 1 N–H and O–H groups in total. The van der Waals surface area contributed by atoms with Crippen molar-refractivity contribution >= 4 is 5.97 Å². The Kier molecular flexibility index (Phi) is 3.11. The van der Waals surface area contributed by atoms with E-state index in [1.165, 1.54) is 0 Å². The van der Waals surface area contributed by atoms with E-state index in [9.17, 15) is 4.79 Å². The fraction of sp³-hybridized carbons (Fsp3) is 0.583. The van der Waals surface area contributed by atoms with Gasteiger partial charge in [0, 0.05) is 31.3 Å². The molecule has 5 nitrogen and oxygen atoms in total. The molecule has 0 unspecified atom stereocenters. The molecule has 2 rings (SSSR count). The van der Waals surface area contributed by atoms with Crippen molar-refractivity contribution in [2.75, 3.05) is 6.54 Å². The predicted molar refractivity (Wildman–Crippen MR) is 62.6 cm³/mol. The van der Waals surface area contributed by atoms with Gasteiger partial charge in [-0.25, -0.2) is 14.8 Å². The van der Waals surface area contributed by atoms with Gasteiger partial charge in [0.1, 0.15) is 5.60 Å². The van der Waals surface area contributed by atoms with Crippen molar-refractivity contribution < 1.29 is 9.53 Å². The molecular weight excluding hydrogens is 218 g/mol. The topological polar surface area (TPSA) is 64.1 Å². The predicted octanol–water partition coefficient (Wildman–Crippen LogP) is 1.08. The zero-order valence-electron chi connectivity index (χ0n) is 10.4. The molecule has 1 aliphatic rings. The van der Waals surface area contributed by atoms with E-state index in [1.807, 2.05) is 20.8 Å². The molecule has 17 heavy (non-hydrogen) atoms. The normalized spacial score (nSPS) is 15.2. The molecule has 0 aliphatic carbocycles. The quantitative estimate of drug-likeness (QED) is 0.738. The summed E-state index contributed by atoms with van der Waals surface area (Å²) in [4.78, 5) is 20.1. The van der Waals surface area contributed by atoms with Gasteiger partial charge in [-0.15, -0.1) is 0 Å². The minimum Gasteiger partial charge on any atom is -0.454 e. The smallest absolute Gasteiger partial charge is 0.376 e. The van der Waals surface area contributed by atoms with E-state index in [2.05, 4.69) is 15.3 Å². The van der Waals surface area contributed by atoms with Gasteiger partial charge >= 0.3 is 5.97 Å². The fourth-order valence-corrected chi connectivity index (χ4v) is 1.66. The highest BCUT2D eigenvalue weighted by atomic mass is 16.6. The highest BCUT2D eigenvalue weighted by molar-refractivity contribution is 5.85. The molecule has 5 heteroatoms. The summed E-state index contributed by atoms with van der Waals surface area (Å²) < 4.78 is 5.24. The average molecular weight is 235 g/mol. The molecule has 1 aromatic rings. The minimum absolute atomic E-state index is 0.153. The van der Waals surface area contributed by atoms with Gasteiger partial charge in [-0.1, -0.05) is 0 Å². The van der Waals surface area contributed by atoms with Crippen LogP contribution in [0.15, 0.2) is 6.20 Å². The van der Waals surface area contributed by atoms with Crippen LogP contribution in [0.5, 0.6) is 0 Å². The minimum atomic E-state index is -0.516. The third kappa shape index (κ3) is 3.00. The molecule has 2 heterocycles. The van der Waals surface area contributed by atoms with E-state index in [0.717, 1.165) is 30.8 Å². The second-order valence-corrected chi connectivity index (χ2v) is 5.09.